The van der Waals surface area contributed by atoms with Crippen LogP contribution in [0.3, 0.4) is 0 Å². The van der Waals surface area contributed by atoms with Crippen LogP contribution >= 0.6 is 0 Å². The summed E-state index contributed by atoms with van der Waals surface area (Å²) >= 11 is 0. The molecule has 0 bridgehead atoms. The zero-order valence-corrected chi connectivity index (χ0v) is 13.5. The molecular weight excluding hydrogens is 314 g/mol. The Morgan fingerprint density at radius 3 is 2.44 bits per heavy atom. The van der Waals surface area contributed by atoms with Crippen LogP contribution in [0.1, 0.15) is 22.7 Å². The van der Waals surface area contributed by atoms with Gasteiger partial charge in [0.1, 0.15) is 12.6 Å². The Morgan fingerprint density at radius 1 is 1.04 bits per heavy atom. The molecule has 0 radical (unpaired) electrons. The molecule has 4 nitrogen and oxygen atoms in total. The van der Waals surface area contributed by atoms with Crippen LogP contribution in [0, 0.1) is 11.8 Å². The van der Waals surface area contributed by atoms with E-state index in [0.29, 0.717) is 0 Å². The molecule has 124 valence electrons. The van der Waals surface area contributed by atoms with E-state index < -0.39 is 12.1 Å². The second-order valence-electron chi connectivity index (χ2n) is 5.33. The quantitative estimate of drug-likeness (QED) is 0.725. The molecule has 4 heteroatoms. The smallest absolute Gasteiger partial charge is 0.408 e. The van der Waals surface area contributed by atoms with Crippen molar-refractivity contribution in [1.29, 1.82) is 0 Å². The normalized spacial score (nSPS) is 11.0. The van der Waals surface area contributed by atoms with Crippen LogP contribution in [0.2, 0.25) is 0 Å². The molecule has 1 N–H and O–H groups in total. The zero-order chi connectivity index (χ0) is 17.3. The Bertz CT molecular complexity index is 846. The minimum absolute atomic E-state index is 0.205. The summed E-state index contributed by atoms with van der Waals surface area (Å²) in [6.45, 7) is 0.205. The van der Waals surface area contributed by atoms with E-state index in [1.54, 1.807) is 18.6 Å². The van der Waals surface area contributed by atoms with Gasteiger partial charge in [-0.3, -0.25) is 0 Å². The maximum absolute atomic E-state index is 12.1. The largest absolute Gasteiger partial charge is 0.472 e. The third-order valence-corrected chi connectivity index (χ3v) is 3.49. The molecule has 1 atom stereocenters. The van der Waals surface area contributed by atoms with Crippen LogP contribution in [-0.2, 0) is 11.3 Å². The molecule has 0 fully saturated rings. The topological polar surface area (TPSA) is 51.5 Å². The second-order valence-corrected chi connectivity index (χ2v) is 5.33. The van der Waals surface area contributed by atoms with Gasteiger partial charge < -0.3 is 14.5 Å². The van der Waals surface area contributed by atoms with Crippen molar-refractivity contribution in [2.75, 3.05) is 0 Å². The molecule has 1 aromatic heterocycles. The van der Waals surface area contributed by atoms with Gasteiger partial charge in [-0.15, -0.1) is 0 Å². The standard InChI is InChI=1S/C21H17NO3/c23-21(25-15-18-9-5-2-6-10-18)22-20(19-13-14-24-16-19)12-11-17-7-3-1-4-8-17/h1-10,13-14,16,20H,15H2,(H,22,23)/t20-/m1/s1. The summed E-state index contributed by atoms with van der Waals surface area (Å²) in [6, 6.07) is 20.3. The minimum Gasteiger partial charge on any atom is -0.472 e. The summed E-state index contributed by atoms with van der Waals surface area (Å²) in [6.07, 6.45) is 2.57. The van der Waals surface area contributed by atoms with E-state index in [1.165, 1.54) is 0 Å². The van der Waals surface area contributed by atoms with Gasteiger partial charge in [0.05, 0.1) is 12.5 Å². The van der Waals surface area contributed by atoms with Crippen LogP contribution in [0.15, 0.2) is 83.7 Å². The maximum atomic E-state index is 12.1. The molecule has 1 heterocycles. The Balaban J connectivity index is 1.66. The van der Waals surface area contributed by atoms with Crippen molar-refractivity contribution in [3.05, 3.63) is 95.9 Å². The highest BCUT2D eigenvalue weighted by Crippen LogP contribution is 2.13. The number of furan rings is 1. The number of hydrogen-bond acceptors (Lipinski definition) is 3. The van der Waals surface area contributed by atoms with Gasteiger partial charge in [-0.1, -0.05) is 60.4 Å². The molecule has 3 rings (SSSR count). The minimum atomic E-state index is -0.530. The van der Waals surface area contributed by atoms with Crippen LogP contribution in [0.4, 0.5) is 4.79 Å². The van der Waals surface area contributed by atoms with Gasteiger partial charge in [-0.05, 0) is 23.8 Å². The summed E-state index contributed by atoms with van der Waals surface area (Å²) in [7, 11) is 0. The molecule has 0 aliphatic rings. The molecular formula is C21H17NO3. The summed E-state index contributed by atoms with van der Waals surface area (Å²) in [4.78, 5) is 12.1. The number of rotatable bonds is 4. The van der Waals surface area contributed by atoms with Gasteiger partial charge in [0.15, 0.2) is 0 Å². The number of benzene rings is 2. The van der Waals surface area contributed by atoms with E-state index in [2.05, 4.69) is 17.2 Å². The molecule has 25 heavy (non-hydrogen) atoms. The predicted molar refractivity (Wildman–Crippen MR) is 94.5 cm³/mol. The molecule has 0 saturated heterocycles. The lowest BCUT2D eigenvalue weighted by Gasteiger charge is -2.12. The fourth-order valence-corrected chi connectivity index (χ4v) is 2.20. The molecule has 0 unspecified atom stereocenters. The summed E-state index contributed by atoms with van der Waals surface area (Å²) < 4.78 is 10.4. The Morgan fingerprint density at radius 2 is 1.76 bits per heavy atom. The van der Waals surface area contributed by atoms with Gasteiger partial charge >= 0.3 is 6.09 Å². The summed E-state index contributed by atoms with van der Waals surface area (Å²) in [5.74, 6) is 6.10. The third kappa shape index (κ3) is 5.02. The first kappa shape index (κ1) is 16.4. The fraction of sp³-hybridized carbons (Fsp3) is 0.0952. The van der Waals surface area contributed by atoms with Crippen molar-refractivity contribution in [2.24, 2.45) is 0 Å². The van der Waals surface area contributed by atoms with E-state index in [0.717, 1.165) is 16.7 Å². The van der Waals surface area contributed by atoms with Gasteiger partial charge in [0.25, 0.3) is 0 Å². The number of hydrogen-bond donors (Lipinski definition) is 1. The number of carbonyl (C=O) groups is 1. The highest BCUT2D eigenvalue weighted by Gasteiger charge is 2.14. The maximum Gasteiger partial charge on any atom is 0.408 e. The van der Waals surface area contributed by atoms with Gasteiger partial charge in [-0.2, -0.15) is 0 Å². The van der Waals surface area contributed by atoms with Crippen molar-refractivity contribution in [1.82, 2.24) is 5.32 Å². The summed E-state index contributed by atoms with van der Waals surface area (Å²) in [5.41, 5.74) is 2.56. The van der Waals surface area contributed by atoms with Crippen molar-refractivity contribution < 1.29 is 13.9 Å². The number of ether oxygens (including phenoxy) is 1. The molecule has 2 aromatic carbocycles. The zero-order valence-electron chi connectivity index (χ0n) is 13.5. The predicted octanol–water partition coefficient (Wildman–Crippen LogP) is 4.30. The van der Waals surface area contributed by atoms with Crippen molar-refractivity contribution in [3.8, 4) is 11.8 Å². The lowest BCUT2D eigenvalue weighted by Crippen LogP contribution is -2.28. The Hall–Kier alpha value is -3.45. The average molecular weight is 331 g/mol. The van der Waals surface area contributed by atoms with Crippen LogP contribution in [0.5, 0.6) is 0 Å². The number of carbonyl (C=O) groups excluding carboxylic acids is 1. The van der Waals surface area contributed by atoms with Crippen LogP contribution in [0.25, 0.3) is 0 Å². The van der Waals surface area contributed by atoms with Crippen LogP contribution < -0.4 is 5.32 Å². The van der Waals surface area contributed by atoms with Gasteiger partial charge in [0, 0.05) is 11.1 Å². The highest BCUT2D eigenvalue weighted by atomic mass is 16.5. The molecule has 1 amide bonds. The first-order valence-electron chi connectivity index (χ1n) is 7.87. The molecule has 0 aliphatic carbocycles. The number of alkyl carbamates (subject to hydrolysis) is 1. The third-order valence-electron chi connectivity index (χ3n) is 3.49. The van der Waals surface area contributed by atoms with E-state index in [9.17, 15) is 4.79 Å². The number of amides is 1. The van der Waals surface area contributed by atoms with E-state index >= 15 is 0 Å². The van der Waals surface area contributed by atoms with Crippen molar-refractivity contribution in [2.45, 2.75) is 12.6 Å². The first-order chi connectivity index (χ1) is 12.3. The first-order valence-corrected chi connectivity index (χ1v) is 7.87. The second kappa shape index (κ2) is 8.42. The Kier molecular flexibility index (Phi) is 5.52. The monoisotopic (exact) mass is 331 g/mol. The van der Waals surface area contributed by atoms with Crippen molar-refractivity contribution in [3.63, 3.8) is 0 Å². The SMILES string of the molecule is O=C(N[C@H](C#Cc1ccccc1)c1ccoc1)OCc1ccccc1. The van der Waals surface area contributed by atoms with Gasteiger partial charge in [0.2, 0.25) is 0 Å². The molecule has 0 aliphatic heterocycles. The van der Waals surface area contributed by atoms with E-state index in [-0.39, 0.29) is 6.61 Å². The lowest BCUT2D eigenvalue weighted by molar-refractivity contribution is 0.138. The molecule has 0 spiro atoms. The highest BCUT2D eigenvalue weighted by molar-refractivity contribution is 5.68. The molecule has 3 aromatic rings. The van der Waals surface area contributed by atoms with Crippen molar-refractivity contribution >= 4 is 6.09 Å². The number of nitrogens with one attached hydrogen (secondary N) is 1. The van der Waals surface area contributed by atoms with Crippen LogP contribution in [-0.4, -0.2) is 6.09 Å². The fourth-order valence-electron chi connectivity index (χ4n) is 2.20. The molecule has 0 saturated carbocycles. The summed E-state index contributed by atoms with van der Waals surface area (Å²) in [5, 5.41) is 2.77. The van der Waals surface area contributed by atoms with E-state index in [4.69, 9.17) is 9.15 Å². The van der Waals surface area contributed by atoms with Gasteiger partial charge in [-0.25, -0.2) is 4.79 Å². The lowest BCUT2D eigenvalue weighted by atomic mass is 10.1. The van der Waals surface area contributed by atoms with E-state index in [1.807, 2.05) is 60.7 Å². The average Bonchev–Trinajstić information content (AvgIpc) is 3.20. The Labute approximate surface area is 146 Å².